The van der Waals surface area contributed by atoms with Gasteiger partial charge in [-0.25, -0.2) is 0 Å². The van der Waals surface area contributed by atoms with Crippen LogP contribution in [0.5, 0.6) is 11.5 Å². The van der Waals surface area contributed by atoms with Gasteiger partial charge in [-0.15, -0.1) is 11.8 Å². The summed E-state index contributed by atoms with van der Waals surface area (Å²) in [7, 11) is 0. The average molecular weight is 335 g/mol. The second kappa shape index (κ2) is 8.48. The topological polar surface area (TPSA) is 47.6 Å². The van der Waals surface area contributed by atoms with Crippen molar-refractivity contribution in [3.8, 4) is 11.5 Å². The molecule has 0 bridgehead atoms. The van der Waals surface area contributed by atoms with E-state index in [1.807, 2.05) is 18.2 Å². The predicted molar refractivity (Wildman–Crippen MR) is 92.4 cm³/mol. The molecule has 126 valence electrons. The lowest BCUT2D eigenvalue weighted by atomic mass is 9.95. The van der Waals surface area contributed by atoms with E-state index in [4.69, 9.17) is 9.47 Å². The van der Waals surface area contributed by atoms with Gasteiger partial charge in [0.15, 0.2) is 11.5 Å². The van der Waals surface area contributed by atoms with Crippen molar-refractivity contribution in [3.63, 3.8) is 0 Å². The van der Waals surface area contributed by atoms with Gasteiger partial charge < -0.3 is 14.8 Å². The van der Waals surface area contributed by atoms with Crippen molar-refractivity contribution < 1.29 is 14.3 Å². The predicted octanol–water partition coefficient (Wildman–Crippen LogP) is 3.78. The first-order valence-electron chi connectivity index (χ1n) is 8.63. The van der Waals surface area contributed by atoms with Crippen molar-refractivity contribution in [3.05, 3.63) is 18.2 Å². The van der Waals surface area contributed by atoms with Crippen molar-refractivity contribution in [2.24, 2.45) is 0 Å². The summed E-state index contributed by atoms with van der Waals surface area (Å²) in [6.07, 6.45) is 7.57. The molecule has 1 amide bonds. The number of fused-ring (bicyclic) bond motifs is 1. The number of amides is 1. The van der Waals surface area contributed by atoms with Crippen molar-refractivity contribution in [1.82, 2.24) is 5.32 Å². The highest BCUT2D eigenvalue weighted by atomic mass is 32.2. The van der Waals surface area contributed by atoms with Gasteiger partial charge in [-0.3, -0.25) is 4.79 Å². The minimum atomic E-state index is 0.179. The lowest BCUT2D eigenvalue weighted by Gasteiger charge is -2.22. The van der Waals surface area contributed by atoms with Gasteiger partial charge in [0.25, 0.3) is 0 Å². The maximum absolute atomic E-state index is 12.0. The number of ether oxygens (including phenoxy) is 2. The van der Waals surface area contributed by atoms with Crippen LogP contribution in [0.3, 0.4) is 0 Å². The van der Waals surface area contributed by atoms with Gasteiger partial charge in [-0.1, -0.05) is 19.3 Å². The Kier molecular flexibility index (Phi) is 6.08. The first kappa shape index (κ1) is 16.5. The summed E-state index contributed by atoms with van der Waals surface area (Å²) >= 11 is 1.69. The van der Waals surface area contributed by atoms with Crippen LogP contribution in [0.4, 0.5) is 0 Å². The Morgan fingerprint density at radius 1 is 1.09 bits per heavy atom. The molecule has 5 heteroatoms. The summed E-state index contributed by atoms with van der Waals surface area (Å²) in [5.74, 6) is 2.61. The molecule has 0 spiro atoms. The number of benzene rings is 1. The van der Waals surface area contributed by atoms with E-state index in [1.54, 1.807) is 11.8 Å². The Labute approximate surface area is 142 Å². The van der Waals surface area contributed by atoms with E-state index in [-0.39, 0.29) is 5.91 Å². The summed E-state index contributed by atoms with van der Waals surface area (Å²) in [4.78, 5) is 13.1. The Morgan fingerprint density at radius 2 is 1.87 bits per heavy atom. The minimum absolute atomic E-state index is 0.179. The van der Waals surface area contributed by atoms with Gasteiger partial charge in [-0.05, 0) is 31.0 Å². The number of hydrogen-bond donors (Lipinski definition) is 1. The maximum atomic E-state index is 12.0. The number of nitrogens with one attached hydrogen (secondary N) is 1. The van der Waals surface area contributed by atoms with Crippen LogP contribution in [0.25, 0.3) is 0 Å². The molecule has 0 aromatic heterocycles. The van der Waals surface area contributed by atoms with E-state index in [9.17, 15) is 4.79 Å². The average Bonchev–Trinajstić information content (AvgIpc) is 2.80. The second-order valence-corrected chi connectivity index (χ2v) is 7.33. The van der Waals surface area contributed by atoms with Crippen LogP contribution in [0.1, 0.15) is 44.9 Å². The first-order valence-corrected chi connectivity index (χ1v) is 9.61. The third kappa shape index (κ3) is 5.06. The zero-order valence-corrected chi connectivity index (χ0v) is 14.3. The van der Waals surface area contributed by atoms with E-state index in [0.29, 0.717) is 25.7 Å². The molecule has 0 unspecified atom stereocenters. The van der Waals surface area contributed by atoms with Crippen LogP contribution in [0, 0.1) is 0 Å². The monoisotopic (exact) mass is 335 g/mol. The molecule has 1 aliphatic heterocycles. The van der Waals surface area contributed by atoms with Crippen molar-refractivity contribution in [1.29, 1.82) is 0 Å². The van der Waals surface area contributed by atoms with Gasteiger partial charge in [0.2, 0.25) is 5.91 Å². The Balaban J connectivity index is 1.43. The summed E-state index contributed by atoms with van der Waals surface area (Å²) < 4.78 is 11.3. The standard InChI is InChI=1S/C18H25NO3S/c20-18(19-14-5-2-1-3-6-14)9-12-23-15-7-8-16-17(13-15)22-11-4-10-21-16/h7-8,13-14H,1-6,9-12H2,(H,19,20). The zero-order chi connectivity index (χ0) is 15.9. The number of carbonyl (C=O) groups excluding carboxylic acids is 1. The van der Waals surface area contributed by atoms with Crippen LogP contribution in [-0.2, 0) is 4.79 Å². The number of hydrogen-bond acceptors (Lipinski definition) is 4. The molecule has 1 N–H and O–H groups in total. The van der Waals surface area contributed by atoms with Gasteiger partial charge in [0, 0.05) is 29.5 Å². The molecule has 1 aliphatic carbocycles. The van der Waals surface area contributed by atoms with Crippen LogP contribution >= 0.6 is 11.8 Å². The van der Waals surface area contributed by atoms with E-state index < -0.39 is 0 Å². The van der Waals surface area contributed by atoms with E-state index in [2.05, 4.69) is 5.32 Å². The molecule has 1 fully saturated rings. The van der Waals surface area contributed by atoms with Crippen molar-refractivity contribution >= 4 is 17.7 Å². The first-order chi connectivity index (χ1) is 11.3. The lowest BCUT2D eigenvalue weighted by Crippen LogP contribution is -2.36. The fraction of sp³-hybridized carbons (Fsp3) is 0.611. The van der Waals surface area contributed by atoms with Crippen molar-refractivity contribution in [2.45, 2.75) is 55.9 Å². The molecule has 0 saturated heterocycles. The van der Waals surface area contributed by atoms with Gasteiger partial charge in [0.05, 0.1) is 13.2 Å². The third-order valence-electron chi connectivity index (χ3n) is 4.29. The molecule has 23 heavy (non-hydrogen) atoms. The molecule has 1 aromatic rings. The van der Waals surface area contributed by atoms with E-state index in [0.717, 1.165) is 41.4 Å². The largest absolute Gasteiger partial charge is 0.490 e. The highest BCUT2D eigenvalue weighted by Crippen LogP contribution is 2.34. The summed E-state index contributed by atoms with van der Waals surface area (Å²) in [5.41, 5.74) is 0. The summed E-state index contributed by atoms with van der Waals surface area (Å²) in [6.45, 7) is 1.41. The Hall–Kier alpha value is -1.36. The molecule has 4 nitrogen and oxygen atoms in total. The van der Waals surface area contributed by atoms with Gasteiger partial charge in [0.1, 0.15) is 0 Å². The lowest BCUT2D eigenvalue weighted by molar-refractivity contribution is -0.121. The highest BCUT2D eigenvalue weighted by molar-refractivity contribution is 7.99. The van der Waals surface area contributed by atoms with E-state index in [1.165, 1.54) is 19.3 Å². The second-order valence-electron chi connectivity index (χ2n) is 6.16. The molecule has 3 rings (SSSR count). The molecule has 1 saturated carbocycles. The van der Waals surface area contributed by atoms with Crippen LogP contribution in [0.2, 0.25) is 0 Å². The van der Waals surface area contributed by atoms with Gasteiger partial charge >= 0.3 is 0 Å². The van der Waals surface area contributed by atoms with Crippen LogP contribution in [-0.4, -0.2) is 30.9 Å². The fourth-order valence-electron chi connectivity index (χ4n) is 3.04. The van der Waals surface area contributed by atoms with Crippen molar-refractivity contribution in [2.75, 3.05) is 19.0 Å². The molecule has 0 radical (unpaired) electrons. The number of carbonyl (C=O) groups is 1. The summed E-state index contributed by atoms with van der Waals surface area (Å²) in [6, 6.07) is 6.42. The van der Waals surface area contributed by atoms with Crippen LogP contribution in [0.15, 0.2) is 23.1 Å². The Morgan fingerprint density at radius 3 is 2.70 bits per heavy atom. The molecule has 0 atom stereocenters. The van der Waals surface area contributed by atoms with Crippen LogP contribution < -0.4 is 14.8 Å². The third-order valence-corrected chi connectivity index (χ3v) is 5.28. The smallest absolute Gasteiger partial charge is 0.221 e. The zero-order valence-electron chi connectivity index (χ0n) is 13.5. The number of rotatable bonds is 5. The van der Waals surface area contributed by atoms with E-state index >= 15 is 0 Å². The molecular formula is C18H25NO3S. The van der Waals surface area contributed by atoms with Gasteiger partial charge in [-0.2, -0.15) is 0 Å². The maximum Gasteiger partial charge on any atom is 0.221 e. The minimum Gasteiger partial charge on any atom is -0.490 e. The quantitative estimate of drug-likeness (QED) is 0.832. The molecule has 2 aliphatic rings. The fourth-order valence-corrected chi connectivity index (χ4v) is 3.92. The SMILES string of the molecule is O=C(CCSc1ccc2c(c1)OCCCO2)NC1CCCCC1. The summed E-state index contributed by atoms with van der Waals surface area (Å²) in [5, 5.41) is 3.17. The highest BCUT2D eigenvalue weighted by Gasteiger charge is 2.15. The normalized spacial score (nSPS) is 18.3. The number of thioether (sulfide) groups is 1. The molecule has 1 heterocycles. The molecular weight excluding hydrogens is 310 g/mol. The Bertz CT molecular complexity index is 529. The molecule has 1 aromatic carbocycles.